The molecule has 24 heavy (non-hydrogen) atoms. The Morgan fingerprint density at radius 3 is 2.67 bits per heavy atom. The van der Waals surface area contributed by atoms with Crippen LogP contribution in [-0.2, 0) is 12.0 Å². The van der Waals surface area contributed by atoms with Gasteiger partial charge in [0.25, 0.3) is 0 Å². The smallest absolute Gasteiger partial charge is 0.202 e. The number of nitrogens with one attached hydrogen (secondary N) is 2. The summed E-state index contributed by atoms with van der Waals surface area (Å²) < 4.78 is 17.5. The first-order valence-electron chi connectivity index (χ1n) is 8.28. The van der Waals surface area contributed by atoms with E-state index in [1.54, 1.807) is 0 Å². The molecule has 130 valence electrons. The standard InChI is InChI=1S/C17H24FN5S/c1-17(2,13-3-5-14(18)6-4-13)12-20-16-21-15(22-24-16)11-23-9-7-19-8-10-23/h3-6,19H,7-12H2,1-2H3,(H,20,21,22). The molecule has 0 saturated carbocycles. The van der Waals surface area contributed by atoms with Crippen molar-refractivity contribution >= 4 is 16.7 Å². The van der Waals surface area contributed by atoms with E-state index in [9.17, 15) is 4.39 Å². The molecule has 1 aromatic heterocycles. The van der Waals surface area contributed by atoms with Crippen LogP contribution in [-0.4, -0.2) is 47.0 Å². The molecule has 0 spiro atoms. The highest BCUT2D eigenvalue weighted by Crippen LogP contribution is 2.24. The summed E-state index contributed by atoms with van der Waals surface area (Å²) in [6.45, 7) is 9.94. The topological polar surface area (TPSA) is 53.1 Å². The quantitative estimate of drug-likeness (QED) is 0.839. The molecule has 1 aliphatic rings. The summed E-state index contributed by atoms with van der Waals surface area (Å²) in [5.74, 6) is 0.674. The van der Waals surface area contributed by atoms with Crippen molar-refractivity contribution in [3.8, 4) is 0 Å². The summed E-state index contributed by atoms with van der Waals surface area (Å²) in [6, 6.07) is 6.70. The third-order valence-corrected chi connectivity index (χ3v) is 5.06. The molecule has 0 radical (unpaired) electrons. The first kappa shape index (κ1) is 17.3. The molecule has 1 saturated heterocycles. The lowest BCUT2D eigenvalue weighted by Crippen LogP contribution is -2.43. The van der Waals surface area contributed by atoms with Crippen LogP contribution >= 0.6 is 11.5 Å². The lowest BCUT2D eigenvalue weighted by molar-refractivity contribution is 0.229. The number of benzene rings is 1. The van der Waals surface area contributed by atoms with Crippen molar-refractivity contribution in [2.24, 2.45) is 0 Å². The molecule has 2 heterocycles. The second kappa shape index (κ2) is 7.55. The monoisotopic (exact) mass is 349 g/mol. The molecule has 1 fully saturated rings. The number of piperazine rings is 1. The Morgan fingerprint density at radius 2 is 1.96 bits per heavy atom. The zero-order valence-electron chi connectivity index (χ0n) is 14.2. The second-order valence-electron chi connectivity index (χ2n) is 6.79. The molecular weight excluding hydrogens is 325 g/mol. The number of hydrogen-bond acceptors (Lipinski definition) is 6. The number of anilines is 1. The molecule has 0 bridgehead atoms. The number of halogens is 1. The van der Waals surface area contributed by atoms with Gasteiger partial charge in [-0.2, -0.15) is 4.37 Å². The Bertz CT molecular complexity index is 649. The molecule has 2 N–H and O–H groups in total. The van der Waals surface area contributed by atoms with Crippen LogP contribution in [0.25, 0.3) is 0 Å². The van der Waals surface area contributed by atoms with Crippen molar-refractivity contribution in [1.29, 1.82) is 0 Å². The van der Waals surface area contributed by atoms with Crippen LogP contribution in [0.3, 0.4) is 0 Å². The average molecular weight is 349 g/mol. The average Bonchev–Trinajstić information content (AvgIpc) is 3.02. The third-order valence-electron chi connectivity index (χ3n) is 4.35. The van der Waals surface area contributed by atoms with Gasteiger partial charge in [-0.25, -0.2) is 9.37 Å². The third kappa shape index (κ3) is 4.49. The Labute approximate surface area is 146 Å². The van der Waals surface area contributed by atoms with Crippen LogP contribution in [0.1, 0.15) is 25.2 Å². The molecule has 3 rings (SSSR count). The van der Waals surface area contributed by atoms with Gasteiger partial charge >= 0.3 is 0 Å². The number of hydrogen-bond donors (Lipinski definition) is 2. The summed E-state index contributed by atoms with van der Waals surface area (Å²) in [4.78, 5) is 6.96. The lowest BCUT2D eigenvalue weighted by Gasteiger charge is -2.26. The first-order valence-corrected chi connectivity index (χ1v) is 9.06. The predicted octanol–water partition coefficient (Wildman–Crippen LogP) is 2.47. The summed E-state index contributed by atoms with van der Waals surface area (Å²) in [7, 11) is 0. The van der Waals surface area contributed by atoms with Gasteiger partial charge in [0.15, 0.2) is 5.82 Å². The highest BCUT2D eigenvalue weighted by atomic mass is 32.1. The van der Waals surface area contributed by atoms with Crippen LogP contribution in [0.15, 0.2) is 24.3 Å². The predicted molar refractivity (Wildman–Crippen MR) is 96.0 cm³/mol. The molecule has 1 aromatic carbocycles. The van der Waals surface area contributed by atoms with Crippen LogP contribution in [0.2, 0.25) is 0 Å². The lowest BCUT2D eigenvalue weighted by atomic mass is 9.85. The molecule has 5 nitrogen and oxygen atoms in total. The van der Waals surface area contributed by atoms with Gasteiger partial charge in [-0.3, -0.25) is 4.90 Å². The molecule has 7 heteroatoms. The van der Waals surface area contributed by atoms with E-state index >= 15 is 0 Å². The molecule has 0 aliphatic carbocycles. The zero-order chi connectivity index (χ0) is 17.0. The normalized spacial score (nSPS) is 16.3. The largest absolute Gasteiger partial charge is 0.359 e. The Hall–Kier alpha value is -1.57. The first-order chi connectivity index (χ1) is 11.5. The number of rotatable bonds is 6. The van der Waals surface area contributed by atoms with E-state index < -0.39 is 0 Å². The van der Waals surface area contributed by atoms with Crippen molar-refractivity contribution < 1.29 is 4.39 Å². The van der Waals surface area contributed by atoms with Crippen LogP contribution in [0, 0.1) is 5.82 Å². The van der Waals surface area contributed by atoms with Crippen LogP contribution in [0.5, 0.6) is 0 Å². The Morgan fingerprint density at radius 1 is 1.25 bits per heavy atom. The van der Waals surface area contributed by atoms with E-state index in [1.807, 2.05) is 12.1 Å². The van der Waals surface area contributed by atoms with E-state index in [4.69, 9.17) is 0 Å². The van der Waals surface area contributed by atoms with Gasteiger partial charge in [0.1, 0.15) is 5.82 Å². The van der Waals surface area contributed by atoms with Crippen molar-refractivity contribution in [1.82, 2.24) is 19.6 Å². The van der Waals surface area contributed by atoms with Crippen LogP contribution < -0.4 is 10.6 Å². The van der Waals surface area contributed by atoms with Gasteiger partial charge in [0.2, 0.25) is 5.13 Å². The van der Waals surface area contributed by atoms with Gasteiger partial charge in [0.05, 0.1) is 6.54 Å². The van der Waals surface area contributed by atoms with Gasteiger partial charge < -0.3 is 10.6 Å². The van der Waals surface area contributed by atoms with E-state index in [-0.39, 0.29) is 11.2 Å². The Balaban J connectivity index is 1.55. The minimum Gasteiger partial charge on any atom is -0.359 e. The van der Waals surface area contributed by atoms with Crippen molar-refractivity contribution in [3.63, 3.8) is 0 Å². The number of nitrogens with zero attached hydrogens (tertiary/aromatic N) is 3. The minimum atomic E-state index is -0.204. The molecule has 2 aromatic rings. The summed E-state index contributed by atoms with van der Waals surface area (Å²) in [5.41, 5.74) is 0.986. The summed E-state index contributed by atoms with van der Waals surface area (Å²) in [5, 5.41) is 7.56. The SMILES string of the molecule is CC(C)(CNc1nc(CN2CCNCC2)ns1)c1ccc(F)cc1. The second-order valence-corrected chi connectivity index (χ2v) is 7.54. The van der Waals surface area contributed by atoms with Crippen molar-refractivity contribution in [2.45, 2.75) is 25.8 Å². The summed E-state index contributed by atoms with van der Waals surface area (Å²) in [6.07, 6.45) is 0. The minimum absolute atomic E-state index is 0.113. The molecular formula is C17H24FN5S. The Kier molecular flexibility index (Phi) is 5.43. The maximum Gasteiger partial charge on any atom is 0.202 e. The van der Waals surface area contributed by atoms with Crippen LogP contribution in [0.4, 0.5) is 9.52 Å². The van der Waals surface area contributed by atoms with E-state index in [2.05, 4.69) is 38.7 Å². The highest BCUT2D eigenvalue weighted by Gasteiger charge is 2.21. The summed E-state index contributed by atoms with van der Waals surface area (Å²) >= 11 is 1.40. The molecule has 1 aliphatic heterocycles. The maximum atomic E-state index is 13.1. The van der Waals surface area contributed by atoms with Crippen molar-refractivity contribution in [2.75, 3.05) is 38.0 Å². The van der Waals surface area contributed by atoms with Gasteiger partial charge in [-0.05, 0) is 17.7 Å². The fourth-order valence-electron chi connectivity index (χ4n) is 2.76. The van der Waals surface area contributed by atoms with E-state index in [0.717, 1.165) is 55.8 Å². The molecule has 0 unspecified atom stereocenters. The van der Waals surface area contributed by atoms with Gasteiger partial charge in [0, 0.05) is 49.7 Å². The van der Waals surface area contributed by atoms with E-state index in [0.29, 0.717) is 0 Å². The fraction of sp³-hybridized carbons (Fsp3) is 0.529. The van der Waals surface area contributed by atoms with E-state index in [1.165, 1.54) is 23.7 Å². The van der Waals surface area contributed by atoms with Gasteiger partial charge in [-0.15, -0.1) is 0 Å². The molecule has 0 amide bonds. The zero-order valence-corrected chi connectivity index (χ0v) is 15.0. The number of aromatic nitrogens is 2. The van der Waals surface area contributed by atoms with Crippen molar-refractivity contribution in [3.05, 3.63) is 41.5 Å². The maximum absolute atomic E-state index is 13.1. The molecule has 0 atom stereocenters. The fourth-order valence-corrected chi connectivity index (χ4v) is 3.33. The van der Waals surface area contributed by atoms with Gasteiger partial charge in [-0.1, -0.05) is 26.0 Å². The highest BCUT2D eigenvalue weighted by molar-refractivity contribution is 7.09.